The number of carbonyl (C=O) groups excluding carboxylic acids is 1. The van der Waals surface area contributed by atoms with Gasteiger partial charge in [-0.1, -0.05) is 25.5 Å². The largest absolute Gasteiger partial charge is 0.361 e. The monoisotopic (exact) mass is 340 g/mol. The first-order valence-electron chi connectivity index (χ1n) is 8.64. The predicted molar refractivity (Wildman–Crippen MR) is 98.6 cm³/mol. The van der Waals surface area contributed by atoms with Crippen molar-refractivity contribution in [2.45, 2.75) is 19.8 Å². The Morgan fingerprint density at radius 3 is 2.72 bits per heavy atom. The summed E-state index contributed by atoms with van der Waals surface area (Å²) in [5.41, 5.74) is 2.80. The van der Waals surface area contributed by atoms with Crippen molar-refractivity contribution < 1.29 is 9.53 Å². The Morgan fingerprint density at radius 2 is 2.00 bits per heavy atom. The molecule has 0 spiro atoms. The molecule has 0 radical (unpaired) electrons. The fourth-order valence-electron chi connectivity index (χ4n) is 2.79. The van der Waals surface area contributed by atoms with Gasteiger partial charge >= 0.3 is 0 Å². The van der Waals surface area contributed by atoms with Crippen LogP contribution in [0.3, 0.4) is 0 Å². The summed E-state index contributed by atoms with van der Waals surface area (Å²) in [5.74, 6) is -0.122. The number of nitrogens with zero attached hydrogens (tertiary/aromatic N) is 3. The fourth-order valence-corrected chi connectivity index (χ4v) is 2.79. The summed E-state index contributed by atoms with van der Waals surface area (Å²) >= 11 is 0. The molecular weight excluding hydrogens is 316 g/mol. The summed E-state index contributed by atoms with van der Waals surface area (Å²) in [7, 11) is 0. The Balaban J connectivity index is 1.60. The maximum atomic E-state index is 12.2. The summed E-state index contributed by atoms with van der Waals surface area (Å²) < 4.78 is 5.76. The van der Waals surface area contributed by atoms with E-state index in [2.05, 4.69) is 39.2 Å². The Labute approximate surface area is 148 Å². The summed E-state index contributed by atoms with van der Waals surface area (Å²) in [6, 6.07) is 11.7. The molecule has 1 aliphatic rings. The first-order chi connectivity index (χ1) is 12.3. The summed E-state index contributed by atoms with van der Waals surface area (Å²) in [4.78, 5) is 20.5. The minimum atomic E-state index is -0.122. The molecule has 6 nitrogen and oxygen atoms in total. The maximum absolute atomic E-state index is 12.2. The number of anilines is 2. The third-order valence-electron chi connectivity index (χ3n) is 4.15. The van der Waals surface area contributed by atoms with Crippen LogP contribution >= 0.6 is 0 Å². The standard InChI is InChI=1S/C19H24N4O2/c1-2-3-11-25-15-23-14-22(17-8-4-5-9-18(17)23)13-21-19(24)16-7-6-10-20-12-16/h4-10,12H,2-3,11,13-15H2,1H3,(H,21,24). The lowest BCUT2D eigenvalue weighted by Gasteiger charge is -2.22. The number of benzene rings is 1. The highest BCUT2D eigenvalue weighted by molar-refractivity contribution is 5.94. The number of hydrogen-bond acceptors (Lipinski definition) is 5. The topological polar surface area (TPSA) is 57.7 Å². The van der Waals surface area contributed by atoms with Gasteiger partial charge in [0.05, 0.1) is 30.3 Å². The molecule has 1 aliphatic heterocycles. The molecule has 0 saturated heterocycles. The Morgan fingerprint density at radius 1 is 1.20 bits per heavy atom. The summed E-state index contributed by atoms with van der Waals surface area (Å²) in [6.45, 7) is 4.62. The SMILES string of the molecule is CCCCOCN1CN(CNC(=O)c2cccnc2)c2ccccc21. The predicted octanol–water partition coefficient (Wildman–Crippen LogP) is 2.83. The molecule has 0 atom stereocenters. The van der Waals surface area contributed by atoms with Crippen molar-refractivity contribution >= 4 is 17.3 Å². The molecule has 0 bridgehead atoms. The van der Waals surface area contributed by atoms with E-state index < -0.39 is 0 Å². The van der Waals surface area contributed by atoms with Gasteiger partial charge in [-0.25, -0.2) is 0 Å². The highest BCUT2D eigenvalue weighted by atomic mass is 16.5. The van der Waals surface area contributed by atoms with Crippen LogP contribution in [-0.4, -0.2) is 37.6 Å². The first kappa shape index (κ1) is 17.2. The number of aromatic nitrogens is 1. The van der Waals surface area contributed by atoms with E-state index in [-0.39, 0.29) is 5.91 Å². The summed E-state index contributed by atoms with van der Waals surface area (Å²) in [5, 5.41) is 2.96. The zero-order valence-corrected chi connectivity index (χ0v) is 14.5. The third kappa shape index (κ3) is 4.28. The number of ether oxygens (including phenoxy) is 1. The smallest absolute Gasteiger partial charge is 0.254 e. The van der Waals surface area contributed by atoms with Crippen LogP contribution in [0.4, 0.5) is 11.4 Å². The molecule has 1 N–H and O–H groups in total. The molecule has 2 aromatic rings. The third-order valence-corrected chi connectivity index (χ3v) is 4.15. The van der Waals surface area contributed by atoms with Gasteiger partial charge in [-0.2, -0.15) is 0 Å². The van der Waals surface area contributed by atoms with Crippen LogP contribution in [0.2, 0.25) is 0 Å². The molecular formula is C19H24N4O2. The van der Waals surface area contributed by atoms with E-state index in [0.29, 0.717) is 25.6 Å². The van der Waals surface area contributed by atoms with Crippen LogP contribution in [0, 0.1) is 0 Å². The molecule has 25 heavy (non-hydrogen) atoms. The van der Waals surface area contributed by atoms with Gasteiger partial charge in [0, 0.05) is 19.0 Å². The molecule has 0 saturated carbocycles. The fraction of sp³-hybridized carbons (Fsp3) is 0.368. The van der Waals surface area contributed by atoms with E-state index in [1.807, 2.05) is 12.1 Å². The van der Waals surface area contributed by atoms with E-state index in [4.69, 9.17) is 4.74 Å². The van der Waals surface area contributed by atoms with Crippen LogP contribution in [0.15, 0.2) is 48.8 Å². The van der Waals surface area contributed by atoms with Gasteiger partial charge < -0.3 is 19.9 Å². The molecule has 2 heterocycles. The molecule has 6 heteroatoms. The van der Waals surface area contributed by atoms with E-state index in [1.54, 1.807) is 24.5 Å². The number of carbonyl (C=O) groups is 1. The second-order valence-electron chi connectivity index (χ2n) is 6.01. The quantitative estimate of drug-likeness (QED) is 0.749. The molecule has 0 aliphatic carbocycles. The number of pyridine rings is 1. The molecule has 0 fully saturated rings. The van der Waals surface area contributed by atoms with Crippen molar-refractivity contribution in [1.82, 2.24) is 10.3 Å². The Kier molecular flexibility index (Phi) is 5.85. The van der Waals surface area contributed by atoms with E-state index >= 15 is 0 Å². The Hall–Kier alpha value is -2.60. The first-order valence-corrected chi connectivity index (χ1v) is 8.64. The van der Waals surface area contributed by atoms with Crippen molar-refractivity contribution in [2.24, 2.45) is 0 Å². The van der Waals surface area contributed by atoms with Crippen molar-refractivity contribution in [3.8, 4) is 0 Å². The number of rotatable bonds is 8. The normalized spacial score (nSPS) is 13.0. The molecule has 132 valence electrons. The number of nitrogens with one attached hydrogen (secondary N) is 1. The van der Waals surface area contributed by atoms with Gasteiger partial charge in [0.15, 0.2) is 0 Å². The minimum absolute atomic E-state index is 0.122. The minimum Gasteiger partial charge on any atom is -0.361 e. The highest BCUT2D eigenvalue weighted by Gasteiger charge is 2.25. The van der Waals surface area contributed by atoms with E-state index in [9.17, 15) is 4.79 Å². The van der Waals surface area contributed by atoms with E-state index in [1.165, 1.54) is 0 Å². The molecule has 1 aromatic carbocycles. The number of unbranched alkanes of at least 4 members (excludes halogenated alkanes) is 1. The van der Waals surface area contributed by atoms with Crippen LogP contribution in [0.5, 0.6) is 0 Å². The molecule has 1 aromatic heterocycles. The van der Waals surface area contributed by atoms with E-state index in [0.717, 1.165) is 30.8 Å². The van der Waals surface area contributed by atoms with Gasteiger partial charge in [0.1, 0.15) is 6.73 Å². The Bertz CT molecular complexity index is 693. The number of hydrogen-bond donors (Lipinski definition) is 1. The van der Waals surface area contributed by atoms with Crippen molar-refractivity contribution in [3.05, 3.63) is 54.4 Å². The van der Waals surface area contributed by atoms with Gasteiger partial charge in [-0.15, -0.1) is 0 Å². The number of fused-ring (bicyclic) bond motifs is 1. The highest BCUT2D eigenvalue weighted by Crippen LogP contribution is 2.34. The number of para-hydroxylation sites is 2. The van der Waals surface area contributed by atoms with Crippen molar-refractivity contribution in [1.29, 1.82) is 0 Å². The van der Waals surface area contributed by atoms with Crippen LogP contribution in [-0.2, 0) is 4.74 Å². The lowest BCUT2D eigenvalue weighted by molar-refractivity contribution is 0.0953. The number of amides is 1. The zero-order chi connectivity index (χ0) is 17.5. The van der Waals surface area contributed by atoms with Crippen molar-refractivity contribution in [3.63, 3.8) is 0 Å². The van der Waals surface area contributed by atoms with Gasteiger partial charge in [0.2, 0.25) is 0 Å². The van der Waals surface area contributed by atoms with Crippen LogP contribution in [0.25, 0.3) is 0 Å². The zero-order valence-electron chi connectivity index (χ0n) is 14.5. The van der Waals surface area contributed by atoms with Crippen LogP contribution in [0.1, 0.15) is 30.1 Å². The lowest BCUT2D eigenvalue weighted by atomic mass is 10.2. The maximum Gasteiger partial charge on any atom is 0.254 e. The van der Waals surface area contributed by atoms with Gasteiger partial charge in [-0.05, 0) is 30.7 Å². The van der Waals surface area contributed by atoms with Gasteiger partial charge in [-0.3, -0.25) is 9.78 Å². The average Bonchev–Trinajstić information content (AvgIpc) is 3.02. The second-order valence-corrected chi connectivity index (χ2v) is 6.01. The van der Waals surface area contributed by atoms with Gasteiger partial charge in [0.25, 0.3) is 5.91 Å². The lowest BCUT2D eigenvalue weighted by Crippen LogP contribution is -2.40. The molecule has 3 rings (SSSR count). The summed E-state index contributed by atoms with van der Waals surface area (Å²) in [6.07, 6.45) is 5.43. The van der Waals surface area contributed by atoms with Crippen LogP contribution < -0.4 is 15.1 Å². The molecule has 1 amide bonds. The second kappa shape index (κ2) is 8.48. The van der Waals surface area contributed by atoms with Crippen molar-refractivity contribution in [2.75, 3.05) is 36.5 Å². The average molecular weight is 340 g/mol. The molecule has 0 unspecified atom stereocenters.